The summed E-state index contributed by atoms with van der Waals surface area (Å²) in [5.41, 5.74) is 9.89. The Kier molecular flexibility index (Phi) is 9.06. The Bertz CT molecular complexity index is 841. The van der Waals surface area contributed by atoms with Gasteiger partial charge in [0.2, 0.25) is 0 Å². The first-order valence-electron chi connectivity index (χ1n) is 11.4. The molecule has 0 saturated carbocycles. The van der Waals surface area contributed by atoms with E-state index in [1.165, 1.54) is 73.7 Å². The van der Waals surface area contributed by atoms with Gasteiger partial charge in [-0.25, -0.2) is 4.79 Å². The molecule has 0 aliphatic heterocycles. The second-order valence-corrected chi connectivity index (χ2v) is 8.64. The molecule has 1 amide bonds. The van der Waals surface area contributed by atoms with Gasteiger partial charge in [-0.1, -0.05) is 50.1 Å². The summed E-state index contributed by atoms with van der Waals surface area (Å²) < 4.78 is 4.74. The van der Waals surface area contributed by atoms with Crippen LogP contribution in [0.15, 0.2) is 18.2 Å². The summed E-state index contributed by atoms with van der Waals surface area (Å²) in [6.07, 6.45) is 13.4. The number of hydrogen-bond acceptors (Lipinski definition) is 4. The number of pyridine rings is 1. The van der Waals surface area contributed by atoms with Crippen molar-refractivity contribution in [3.8, 4) is 0 Å². The second kappa shape index (κ2) is 12.0. The molecule has 2 aromatic rings. The number of amides is 1. The lowest BCUT2D eigenvalue weighted by Gasteiger charge is -2.22. The number of benzene rings is 1. The summed E-state index contributed by atoms with van der Waals surface area (Å²) >= 11 is 6.20. The molecule has 164 valence electrons. The second-order valence-electron chi connectivity index (χ2n) is 8.20. The van der Waals surface area contributed by atoms with E-state index in [0.717, 1.165) is 42.8 Å². The van der Waals surface area contributed by atoms with Crippen LogP contribution >= 0.6 is 11.6 Å². The third-order valence-electron chi connectivity index (χ3n) is 5.84. The van der Waals surface area contributed by atoms with Gasteiger partial charge >= 0.3 is 6.09 Å². The maximum atomic E-state index is 10.5. The van der Waals surface area contributed by atoms with Gasteiger partial charge in [0.15, 0.2) is 0 Å². The predicted octanol–water partition coefficient (Wildman–Crippen LogP) is 6.40. The van der Waals surface area contributed by atoms with E-state index >= 15 is 0 Å². The van der Waals surface area contributed by atoms with E-state index in [9.17, 15) is 4.79 Å². The Morgan fingerprint density at radius 3 is 2.50 bits per heavy atom. The van der Waals surface area contributed by atoms with E-state index < -0.39 is 6.09 Å². The highest BCUT2D eigenvalue weighted by atomic mass is 35.5. The van der Waals surface area contributed by atoms with Crippen molar-refractivity contribution < 1.29 is 9.53 Å². The van der Waals surface area contributed by atoms with E-state index in [2.05, 4.69) is 11.4 Å². The fourth-order valence-corrected chi connectivity index (χ4v) is 4.44. The van der Waals surface area contributed by atoms with E-state index in [1.807, 2.05) is 12.1 Å². The molecular weight excluding hydrogens is 398 g/mol. The van der Waals surface area contributed by atoms with Crippen molar-refractivity contribution in [3.63, 3.8) is 0 Å². The Morgan fingerprint density at radius 2 is 1.73 bits per heavy atom. The van der Waals surface area contributed by atoms with Crippen molar-refractivity contribution in [1.29, 1.82) is 0 Å². The molecule has 5 nitrogen and oxygen atoms in total. The van der Waals surface area contributed by atoms with Crippen LogP contribution in [0.25, 0.3) is 10.9 Å². The van der Waals surface area contributed by atoms with Crippen LogP contribution in [0.4, 0.5) is 10.5 Å². The first-order chi connectivity index (χ1) is 14.6. The van der Waals surface area contributed by atoms with E-state index in [-0.39, 0.29) is 0 Å². The largest absolute Gasteiger partial charge is 0.450 e. The van der Waals surface area contributed by atoms with Crippen LogP contribution < -0.4 is 11.1 Å². The molecule has 1 heterocycles. The summed E-state index contributed by atoms with van der Waals surface area (Å²) in [4.78, 5) is 15.4. The van der Waals surface area contributed by atoms with Crippen molar-refractivity contribution in [1.82, 2.24) is 4.98 Å². The van der Waals surface area contributed by atoms with Gasteiger partial charge in [0.25, 0.3) is 0 Å². The zero-order valence-corrected chi connectivity index (χ0v) is 18.6. The fraction of sp³-hybridized carbons (Fsp3) is 0.583. The molecule has 0 saturated heterocycles. The van der Waals surface area contributed by atoms with Gasteiger partial charge in [0, 0.05) is 28.3 Å². The summed E-state index contributed by atoms with van der Waals surface area (Å²) in [5, 5.41) is 5.68. The third kappa shape index (κ3) is 6.76. The van der Waals surface area contributed by atoms with Crippen LogP contribution in [0.3, 0.4) is 0 Å². The number of aromatic nitrogens is 1. The standard InChI is InChI=1S/C24H34ClN3O2/c25-18-13-14-20-22(17-18)28-21-12-8-7-11-19(21)23(20)27-15-9-5-3-1-2-4-6-10-16-30-24(26)29/h13-14,17H,1-12,15-16H2,(H2,26,29)(H,27,28). The zero-order chi connectivity index (χ0) is 21.2. The van der Waals surface area contributed by atoms with Gasteiger partial charge in [0.1, 0.15) is 0 Å². The molecule has 3 rings (SSSR count). The number of halogens is 1. The monoisotopic (exact) mass is 431 g/mol. The molecule has 1 aliphatic rings. The molecule has 0 atom stereocenters. The topological polar surface area (TPSA) is 77.2 Å². The van der Waals surface area contributed by atoms with Crippen LogP contribution in [0, 0.1) is 0 Å². The Hall–Kier alpha value is -2.01. The number of carbonyl (C=O) groups excluding carboxylic acids is 1. The average molecular weight is 432 g/mol. The lowest BCUT2D eigenvalue weighted by Crippen LogP contribution is -2.13. The number of ether oxygens (including phenoxy) is 1. The van der Waals surface area contributed by atoms with Crippen LogP contribution in [-0.4, -0.2) is 24.2 Å². The summed E-state index contributed by atoms with van der Waals surface area (Å²) in [5.74, 6) is 0. The molecule has 0 fully saturated rings. The lowest BCUT2D eigenvalue weighted by atomic mass is 9.92. The molecule has 1 aliphatic carbocycles. The molecule has 3 N–H and O–H groups in total. The van der Waals surface area contributed by atoms with E-state index in [0.29, 0.717) is 6.61 Å². The molecule has 0 spiro atoms. The Balaban J connectivity index is 1.38. The maximum absolute atomic E-state index is 10.5. The van der Waals surface area contributed by atoms with Gasteiger partial charge in [-0.3, -0.25) is 4.98 Å². The van der Waals surface area contributed by atoms with Crippen molar-refractivity contribution in [2.24, 2.45) is 5.73 Å². The van der Waals surface area contributed by atoms with Crippen molar-refractivity contribution in [2.45, 2.75) is 77.0 Å². The molecule has 0 bridgehead atoms. The number of fused-ring (bicyclic) bond motifs is 2. The minimum atomic E-state index is -0.673. The average Bonchev–Trinajstić information content (AvgIpc) is 2.73. The van der Waals surface area contributed by atoms with Crippen LogP contribution in [0.1, 0.15) is 75.5 Å². The number of rotatable bonds is 12. The highest BCUT2D eigenvalue weighted by Gasteiger charge is 2.18. The number of nitrogens with two attached hydrogens (primary N) is 1. The fourth-order valence-electron chi connectivity index (χ4n) is 4.27. The van der Waals surface area contributed by atoms with Gasteiger partial charge in [-0.15, -0.1) is 0 Å². The molecular formula is C24H34ClN3O2. The summed E-state index contributed by atoms with van der Waals surface area (Å²) in [6.45, 7) is 1.44. The molecule has 1 aromatic heterocycles. The van der Waals surface area contributed by atoms with Gasteiger partial charge < -0.3 is 15.8 Å². The van der Waals surface area contributed by atoms with Gasteiger partial charge in [-0.05, 0) is 62.3 Å². The number of carbonyl (C=O) groups is 1. The smallest absolute Gasteiger partial charge is 0.404 e. The molecule has 0 radical (unpaired) electrons. The quantitative estimate of drug-likeness (QED) is 0.381. The zero-order valence-electron chi connectivity index (χ0n) is 17.9. The highest BCUT2D eigenvalue weighted by Crippen LogP contribution is 2.34. The van der Waals surface area contributed by atoms with E-state index in [1.54, 1.807) is 0 Å². The Labute approximate surface area is 184 Å². The van der Waals surface area contributed by atoms with Gasteiger partial charge in [-0.2, -0.15) is 0 Å². The normalized spacial score (nSPS) is 13.2. The Morgan fingerprint density at radius 1 is 1.03 bits per heavy atom. The van der Waals surface area contributed by atoms with Crippen molar-refractivity contribution >= 4 is 34.3 Å². The number of anilines is 1. The lowest BCUT2D eigenvalue weighted by molar-refractivity contribution is 0.154. The highest BCUT2D eigenvalue weighted by molar-refractivity contribution is 6.31. The van der Waals surface area contributed by atoms with Crippen LogP contribution in [0.5, 0.6) is 0 Å². The number of nitrogens with zero attached hydrogens (tertiary/aromatic N) is 1. The molecule has 30 heavy (non-hydrogen) atoms. The van der Waals surface area contributed by atoms with Crippen molar-refractivity contribution in [2.75, 3.05) is 18.5 Å². The summed E-state index contributed by atoms with van der Waals surface area (Å²) in [6, 6.07) is 6.05. The first-order valence-corrected chi connectivity index (χ1v) is 11.8. The predicted molar refractivity (Wildman–Crippen MR) is 124 cm³/mol. The molecule has 0 unspecified atom stereocenters. The number of nitrogens with one attached hydrogen (secondary N) is 1. The number of hydrogen-bond donors (Lipinski definition) is 2. The first kappa shape index (κ1) is 22.7. The van der Waals surface area contributed by atoms with Gasteiger partial charge in [0.05, 0.1) is 12.1 Å². The van der Waals surface area contributed by atoms with Crippen LogP contribution in [-0.2, 0) is 17.6 Å². The molecule has 6 heteroatoms. The number of primary amides is 1. The number of aryl methyl sites for hydroxylation is 1. The molecule has 1 aromatic carbocycles. The summed E-state index contributed by atoms with van der Waals surface area (Å²) in [7, 11) is 0. The van der Waals surface area contributed by atoms with E-state index in [4.69, 9.17) is 27.1 Å². The third-order valence-corrected chi connectivity index (χ3v) is 6.08. The number of unbranched alkanes of at least 4 members (excludes halogenated alkanes) is 7. The van der Waals surface area contributed by atoms with Crippen molar-refractivity contribution in [3.05, 3.63) is 34.5 Å². The van der Waals surface area contributed by atoms with Crippen LogP contribution in [0.2, 0.25) is 5.02 Å². The minimum absolute atomic E-state index is 0.445. The maximum Gasteiger partial charge on any atom is 0.404 e. The minimum Gasteiger partial charge on any atom is -0.450 e. The SMILES string of the molecule is NC(=O)OCCCCCCCCCCNc1c2c(nc3cc(Cl)ccc13)CCCC2.